The summed E-state index contributed by atoms with van der Waals surface area (Å²) in [5.41, 5.74) is 0.939. The van der Waals surface area contributed by atoms with Crippen LogP contribution < -0.4 is 0 Å². The summed E-state index contributed by atoms with van der Waals surface area (Å²) in [5.74, 6) is -0.470. The normalized spacial score (nSPS) is 54.3. The molecule has 9 fully saturated rings. The average molecular weight is 1240 g/mol. The summed E-state index contributed by atoms with van der Waals surface area (Å²) in [7, 11) is 0. The van der Waals surface area contributed by atoms with Crippen molar-refractivity contribution in [2.75, 3.05) is 39.6 Å². The van der Waals surface area contributed by atoms with Crippen molar-refractivity contribution in [2.24, 2.45) is 46.3 Å². The van der Waals surface area contributed by atoms with Crippen molar-refractivity contribution in [1.29, 1.82) is 0 Å². The van der Waals surface area contributed by atoms with Crippen molar-refractivity contribution >= 4 is 0 Å². The highest BCUT2D eigenvalue weighted by atomic mass is 16.8. The first-order chi connectivity index (χ1) is 40.8. The lowest BCUT2D eigenvalue weighted by Gasteiger charge is -2.58. The van der Waals surface area contributed by atoms with E-state index in [4.69, 9.17) is 52.1 Å². The Morgan fingerprint density at radius 2 is 1.02 bits per heavy atom. The maximum atomic E-state index is 12.1. The fraction of sp³-hybridized carbons (Fsp3) is 0.965. The third kappa shape index (κ3) is 12.3. The molecule has 86 heavy (non-hydrogen) atoms. The van der Waals surface area contributed by atoms with Gasteiger partial charge in [-0.15, -0.1) is 0 Å². The summed E-state index contributed by atoms with van der Waals surface area (Å²) in [4.78, 5) is 0. The molecule has 0 spiro atoms. The number of allylic oxidation sites excluding steroid dienone is 1. The van der Waals surface area contributed by atoms with E-state index in [0.29, 0.717) is 43.4 Å². The van der Waals surface area contributed by atoms with Crippen molar-refractivity contribution in [3.8, 4) is 0 Å². The van der Waals surface area contributed by atoms with Gasteiger partial charge in [-0.2, -0.15) is 0 Å². The van der Waals surface area contributed by atoms with Crippen LogP contribution in [0.15, 0.2) is 11.6 Å². The summed E-state index contributed by atoms with van der Waals surface area (Å²) in [6, 6.07) is 0. The highest BCUT2D eigenvalue weighted by Gasteiger charge is 2.68. The van der Waals surface area contributed by atoms with E-state index in [1.807, 2.05) is 6.92 Å². The smallest absolute Gasteiger partial charge is 0.187 e. The Balaban J connectivity index is 0.779. The molecule has 496 valence electrons. The van der Waals surface area contributed by atoms with Gasteiger partial charge in [-0.05, 0) is 91.8 Å². The van der Waals surface area contributed by atoms with Gasteiger partial charge in [0.05, 0.1) is 51.8 Å². The molecule has 3 saturated carbocycles. The Morgan fingerprint density at radius 1 is 0.535 bits per heavy atom. The molecule has 10 rings (SSSR count). The van der Waals surface area contributed by atoms with E-state index >= 15 is 0 Å². The van der Waals surface area contributed by atoms with Crippen LogP contribution in [0.4, 0.5) is 0 Å². The molecule has 6 heterocycles. The molecule has 6 saturated heterocycles. The lowest BCUT2D eigenvalue weighted by Crippen LogP contribution is -2.68. The van der Waals surface area contributed by atoms with Gasteiger partial charge in [0.25, 0.3) is 0 Å². The van der Waals surface area contributed by atoms with Gasteiger partial charge in [-0.25, -0.2) is 0 Å². The Hall–Kier alpha value is -1.42. The molecule has 29 nitrogen and oxygen atoms in total. The highest BCUT2D eigenvalue weighted by molar-refractivity contribution is 5.26. The van der Waals surface area contributed by atoms with Gasteiger partial charge in [0.2, 0.25) is 0 Å². The van der Waals surface area contributed by atoms with E-state index in [-0.39, 0.29) is 41.3 Å². The van der Waals surface area contributed by atoms with Crippen molar-refractivity contribution < 1.29 is 144 Å². The highest BCUT2D eigenvalue weighted by Crippen LogP contribution is 2.70. The fourth-order valence-electron chi connectivity index (χ4n) is 16.5. The second kappa shape index (κ2) is 26.9. The number of aliphatic hydroxyl groups excluding tert-OH is 17. The standard InChI is InChI=1S/C57H94O29/c1-21(20-76-50-43(71)39(67)35(63)29(15-58)78-50)7-12-57(75)22(2)34-28(86-57)14-27-25-6-5-23-13-24(8-10-55(23,3)26(25)9-11-56(27,34)4)77-51-46(74)42(70)47(33(19-62)82-51)83-54-49(85-53-45(73)41(69)37(65)31(17-60)80-53)48(38(66)32(18-61)81-54)84-52-44(72)40(68)36(64)30(16-59)79-52/h5,21-22,24-54,58-75H,6-20H2,1-4H3/t21-,22+,24+,25+,26-,27+,28-,29-,30-,31-,32-,33-,34-,35-,36-,37-,38-,39+,40+,41+,42-,43-,44-,45-,46-,47+,48+,49-,50-,51-,52+,53+,54+,55+,56+,57-/m1/s1. The molecule has 10 aliphatic rings. The first-order valence-corrected chi connectivity index (χ1v) is 30.6. The number of fused-ring (bicyclic) bond motifs is 7. The second-order valence-corrected chi connectivity index (χ2v) is 26.6. The number of aliphatic hydroxyl groups is 18. The van der Waals surface area contributed by atoms with Gasteiger partial charge in [-0.3, -0.25) is 0 Å². The van der Waals surface area contributed by atoms with Gasteiger partial charge < -0.3 is 144 Å². The van der Waals surface area contributed by atoms with Crippen LogP contribution in [0.1, 0.15) is 85.5 Å². The van der Waals surface area contributed by atoms with Gasteiger partial charge >= 0.3 is 0 Å². The molecule has 0 bridgehead atoms. The number of ether oxygens (including phenoxy) is 11. The second-order valence-electron chi connectivity index (χ2n) is 26.6. The predicted octanol–water partition coefficient (Wildman–Crippen LogP) is -6.21. The maximum Gasteiger partial charge on any atom is 0.187 e. The van der Waals surface area contributed by atoms with Gasteiger partial charge in [-0.1, -0.05) is 39.3 Å². The third-order valence-electron chi connectivity index (χ3n) is 21.7. The van der Waals surface area contributed by atoms with Crippen LogP contribution in [0.5, 0.6) is 0 Å². The zero-order chi connectivity index (χ0) is 62.2. The molecule has 36 atom stereocenters. The summed E-state index contributed by atoms with van der Waals surface area (Å²) in [6.07, 6.45) is -35.6. The van der Waals surface area contributed by atoms with Crippen LogP contribution in [-0.2, 0) is 52.1 Å². The fourth-order valence-corrected chi connectivity index (χ4v) is 16.5. The number of hydrogen-bond donors (Lipinski definition) is 18. The van der Waals surface area contributed by atoms with Crippen molar-refractivity contribution in [3.63, 3.8) is 0 Å². The summed E-state index contributed by atoms with van der Waals surface area (Å²) < 4.78 is 65.9. The van der Waals surface area contributed by atoms with E-state index in [1.54, 1.807) is 0 Å². The summed E-state index contributed by atoms with van der Waals surface area (Å²) in [6.45, 7) is 4.71. The predicted molar refractivity (Wildman–Crippen MR) is 284 cm³/mol. The van der Waals surface area contributed by atoms with Crippen LogP contribution in [0, 0.1) is 46.3 Å². The molecule has 0 aromatic heterocycles. The Morgan fingerprint density at radius 3 is 1.60 bits per heavy atom. The van der Waals surface area contributed by atoms with E-state index in [9.17, 15) is 91.9 Å². The Kier molecular flexibility index (Phi) is 21.1. The minimum absolute atomic E-state index is 0.0949. The number of rotatable bonds is 19. The molecule has 0 unspecified atom stereocenters. The maximum absolute atomic E-state index is 12.1. The zero-order valence-electron chi connectivity index (χ0n) is 48.8. The van der Waals surface area contributed by atoms with E-state index < -0.39 is 198 Å². The van der Waals surface area contributed by atoms with Gasteiger partial charge in [0.1, 0.15) is 122 Å². The lowest BCUT2D eigenvalue weighted by atomic mass is 9.47. The quantitative estimate of drug-likeness (QED) is 0.0535. The summed E-state index contributed by atoms with van der Waals surface area (Å²) in [5, 5.41) is 193. The molecular formula is C57H94O29. The van der Waals surface area contributed by atoms with E-state index in [0.717, 1.165) is 32.1 Å². The first kappa shape index (κ1) is 67.5. The molecule has 4 aliphatic carbocycles. The van der Waals surface area contributed by atoms with Crippen LogP contribution in [-0.4, -0.2) is 303 Å². The zero-order valence-corrected chi connectivity index (χ0v) is 48.8. The lowest BCUT2D eigenvalue weighted by molar-refractivity contribution is -0.406. The Bertz CT molecular complexity index is 2250. The Labute approximate surface area is 497 Å². The summed E-state index contributed by atoms with van der Waals surface area (Å²) >= 11 is 0. The van der Waals surface area contributed by atoms with Crippen molar-refractivity contribution in [3.05, 3.63) is 11.6 Å². The minimum Gasteiger partial charge on any atom is -0.394 e. The van der Waals surface area contributed by atoms with E-state index in [2.05, 4.69) is 26.8 Å². The van der Waals surface area contributed by atoms with Gasteiger partial charge in [0, 0.05) is 12.3 Å². The molecule has 18 N–H and O–H groups in total. The van der Waals surface area contributed by atoms with E-state index in [1.165, 1.54) is 5.57 Å². The molecular weight excluding hydrogens is 1150 g/mol. The largest absolute Gasteiger partial charge is 0.394 e. The van der Waals surface area contributed by atoms with Crippen LogP contribution in [0.2, 0.25) is 0 Å². The molecule has 29 heteroatoms. The topological polar surface area (TPSA) is 466 Å². The van der Waals surface area contributed by atoms with Crippen molar-refractivity contribution in [2.45, 2.75) is 257 Å². The average Bonchev–Trinajstić information content (AvgIpc) is 1.54. The minimum atomic E-state index is -2.07. The molecule has 0 amide bonds. The molecule has 6 aliphatic heterocycles. The molecule has 0 radical (unpaired) electrons. The van der Waals surface area contributed by atoms with Crippen LogP contribution >= 0.6 is 0 Å². The van der Waals surface area contributed by atoms with Gasteiger partial charge in [0.15, 0.2) is 37.2 Å². The number of hydrogen-bond acceptors (Lipinski definition) is 29. The SMILES string of the molecule is C[C@H](CC[C@@]1(O)O[C@@H]2C[C@H]3[C@H]4CC=C5C[C@@H](O[C@@H]6O[C@H](CO)[C@H](O[C@@H]7O[C@H](CO)[C@@H](O)[C@H](O[C@@H]8O[C@H](CO)[C@@H](O)[C@H](O)[C@H]8O)[C@H]7O[C@@H]7O[C@H](CO)[C@@H](O)[C@H](O)[C@H]7O)[C@H](O)[C@H]6O)CC[C@]5(C)[C@@H]4CC[C@]3(C)[C@@H]2[C@@H]1C)CO[C@@H]1O[C@H](CO)[C@@H](O)[C@H](O)[C@H]1O. The van der Waals surface area contributed by atoms with Crippen molar-refractivity contribution in [1.82, 2.24) is 0 Å². The molecule has 0 aromatic rings. The molecule has 0 aromatic carbocycles. The van der Waals surface area contributed by atoms with Crippen LogP contribution in [0.25, 0.3) is 0 Å². The monoisotopic (exact) mass is 1240 g/mol. The first-order valence-electron chi connectivity index (χ1n) is 30.6. The van der Waals surface area contributed by atoms with Crippen LogP contribution in [0.3, 0.4) is 0 Å². The third-order valence-corrected chi connectivity index (χ3v) is 21.7.